The van der Waals surface area contributed by atoms with Crippen LogP contribution in [-0.4, -0.2) is 35.5 Å². The van der Waals surface area contributed by atoms with Crippen molar-refractivity contribution in [2.45, 2.75) is 0 Å². The number of hydrogen-bond acceptors (Lipinski definition) is 4. The molecule has 5 nitrogen and oxygen atoms in total. The van der Waals surface area contributed by atoms with Gasteiger partial charge in [-0.3, -0.25) is 19.8 Å². The maximum atomic E-state index is 12.3. The third-order valence-corrected chi connectivity index (χ3v) is 3.49. The number of nitrogens with one attached hydrogen (secondary N) is 1. The summed E-state index contributed by atoms with van der Waals surface area (Å²) in [6, 6.07) is 7.40. The zero-order valence-electron chi connectivity index (χ0n) is 12.6. The largest absolute Gasteiger partial charge is 0.497 e. The van der Waals surface area contributed by atoms with Crippen LogP contribution in [0.5, 0.6) is 5.75 Å². The minimum atomic E-state index is -0.500. The molecule has 1 aliphatic rings. The molecule has 1 saturated heterocycles. The third kappa shape index (κ3) is 3.92. The second-order valence-corrected chi connectivity index (χ2v) is 5.06. The van der Waals surface area contributed by atoms with Gasteiger partial charge < -0.3 is 4.74 Å². The number of benzene rings is 1. The number of ether oxygens (including phenoxy) is 1. The molecule has 2 amide bonds. The predicted molar refractivity (Wildman–Crippen MR) is 92.8 cm³/mol. The molecule has 0 bridgehead atoms. The summed E-state index contributed by atoms with van der Waals surface area (Å²) in [5, 5.41) is 2.58. The number of carbonyl (C=O) groups excluding carboxylic acids is 2. The van der Waals surface area contributed by atoms with Crippen molar-refractivity contribution in [2.75, 3.05) is 13.7 Å². The van der Waals surface area contributed by atoms with E-state index in [4.69, 9.17) is 17.0 Å². The van der Waals surface area contributed by atoms with Gasteiger partial charge in [0.05, 0.1) is 7.11 Å². The van der Waals surface area contributed by atoms with Gasteiger partial charge in [0, 0.05) is 6.54 Å². The zero-order valence-corrected chi connectivity index (χ0v) is 13.4. The van der Waals surface area contributed by atoms with Gasteiger partial charge in [0.25, 0.3) is 11.8 Å². The van der Waals surface area contributed by atoms with Crippen LogP contribution in [0.2, 0.25) is 0 Å². The maximum absolute atomic E-state index is 12.3. The van der Waals surface area contributed by atoms with E-state index in [-0.39, 0.29) is 17.2 Å². The van der Waals surface area contributed by atoms with Crippen LogP contribution < -0.4 is 10.1 Å². The first-order valence-corrected chi connectivity index (χ1v) is 7.28. The summed E-state index contributed by atoms with van der Waals surface area (Å²) in [7, 11) is 1.60. The first-order chi connectivity index (χ1) is 11.1. The molecule has 1 aromatic rings. The predicted octanol–water partition coefficient (Wildman–Crippen LogP) is 2.06. The number of nitrogens with zero attached hydrogens (tertiary/aromatic N) is 1. The number of amides is 2. The fourth-order valence-corrected chi connectivity index (χ4v) is 2.23. The molecular weight excluding hydrogens is 312 g/mol. The van der Waals surface area contributed by atoms with Crippen molar-refractivity contribution in [1.82, 2.24) is 10.2 Å². The highest BCUT2D eigenvalue weighted by Gasteiger charge is 2.31. The Bertz CT molecular complexity index is 705. The SMILES string of the molecule is C=CCN1C(=O)/C(=C/C=C/c2ccc(OC)cc2)C(=O)NC1=S. The lowest BCUT2D eigenvalue weighted by molar-refractivity contribution is -0.128. The molecule has 2 rings (SSSR count). The van der Waals surface area contributed by atoms with E-state index in [9.17, 15) is 9.59 Å². The van der Waals surface area contributed by atoms with Gasteiger partial charge in [0.2, 0.25) is 0 Å². The average molecular weight is 328 g/mol. The number of thiocarbonyl (C=S) groups is 1. The molecule has 0 atom stereocenters. The van der Waals surface area contributed by atoms with E-state index in [2.05, 4.69) is 11.9 Å². The minimum absolute atomic E-state index is 0.0326. The molecular formula is C17H16N2O3S. The molecule has 118 valence electrons. The van der Waals surface area contributed by atoms with Gasteiger partial charge in [0.15, 0.2) is 5.11 Å². The second kappa shape index (κ2) is 7.51. The highest BCUT2D eigenvalue weighted by molar-refractivity contribution is 7.80. The van der Waals surface area contributed by atoms with Gasteiger partial charge in [-0.15, -0.1) is 6.58 Å². The van der Waals surface area contributed by atoms with Crippen LogP contribution in [0.4, 0.5) is 0 Å². The number of carbonyl (C=O) groups is 2. The standard InChI is InChI=1S/C17H16N2O3S/c1-3-11-19-16(21)14(15(20)18-17(19)23)6-4-5-12-7-9-13(22-2)10-8-12/h3-10H,1,11H2,2H3,(H,18,20,23)/b5-4+,14-6+. The Balaban J connectivity index is 2.17. The molecule has 0 unspecified atom stereocenters. The Morgan fingerprint density at radius 1 is 1.30 bits per heavy atom. The number of hydrogen-bond donors (Lipinski definition) is 1. The van der Waals surface area contributed by atoms with Crippen LogP contribution in [0.1, 0.15) is 5.56 Å². The Morgan fingerprint density at radius 3 is 2.61 bits per heavy atom. The number of methoxy groups -OCH3 is 1. The van der Waals surface area contributed by atoms with E-state index < -0.39 is 11.8 Å². The van der Waals surface area contributed by atoms with Crippen molar-refractivity contribution in [2.24, 2.45) is 0 Å². The van der Waals surface area contributed by atoms with Crippen LogP contribution in [-0.2, 0) is 9.59 Å². The van der Waals surface area contributed by atoms with E-state index in [1.54, 1.807) is 25.3 Å². The summed E-state index contributed by atoms with van der Waals surface area (Å²) in [6.45, 7) is 3.82. The highest BCUT2D eigenvalue weighted by atomic mass is 32.1. The fraction of sp³-hybridized carbons (Fsp3) is 0.118. The van der Waals surface area contributed by atoms with Gasteiger partial charge in [0.1, 0.15) is 11.3 Å². The first-order valence-electron chi connectivity index (χ1n) is 6.87. The summed E-state index contributed by atoms with van der Waals surface area (Å²) < 4.78 is 5.08. The van der Waals surface area contributed by atoms with Crippen molar-refractivity contribution < 1.29 is 14.3 Å². The molecule has 1 fully saturated rings. The summed E-state index contributed by atoms with van der Waals surface area (Å²) in [4.78, 5) is 25.5. The summed E-state index contributed by atoms with van der Waals surface area (Å²) in [5.41, 5.74) is 0.954. The van der Waals surface area contributed by atoms with E-state index in [1.165, 1.54) is 11.0 Å². The third-order valence-electron chi connectivity index (χ3n) is 3.16. The highest BCUT2D eigenvalue weighted by Crippen LogP contribution is 2.14. The van der Waals surface area contributed by atoms with E-state index >= 15 is 0 Å². The van der Waals surface area contributed by atoms with Gasteiger partial charge in [-0.2, -0.15) is 0 Å². The Labute approximate surface area is 139 Å². The molecule has 6 heteroatoms. The Hall–Kier alpha value is -2.73. The molecule has 0 aliphatic carbocycles. The number of rotatable bonds is 5. The zero-order chi connectivity index (χ0) is 16.8. The van der Waals surface area contributed by atoms with Crippen LogP contribution in [0.15, 0.2) is 54.6 Å². The van der Waals surface area contributed by atoms with E-state index in [1.807, 2.05) is 24.3 Å². The maximum Gasteiger partial charge on any atom is 0.265 e. The summed E-state index contributed by atoms with van der Waals surface area (Å²) >= 11 is 4.98. The lowest BCUT2D eigenvalue weighted by Gasteiger charge is -2.27. The van der Waals surface area contributed by atoms with Crippen LogP contribution in [0, 0.1) is 0 Å². The van der Waals surface area contributed by atoms with Crippen molar-refractivity contribution in [3.05, 3.63) is 60.2 Å². The summed E-state index contributed by atoms with van der Waals surface area (Å²) in [5.74, 6) is -0.173. The topological polar surface area (TPSA) is 58.6 Å². The normalized spacial score (nSPS) is 16.8. The first kappa shape index (κ1) is 16.6. The quantitative estimate of drug-likeness (QED) is 0.389. The van der Waals surface area contributed by atoms with Crippen LogP contribution in [0.25, 0.3) is 6.08 Å². The molecule has 0 saturated carbocycles. The van der Waals surface area contributed by atoms with Crippen molar-refractivity contribution in [1.29, 1.82) is 0 Å². The summed E-state index contributed by atoms with van der Waals surface area (Å²) in [6.07, 6.45) is 6.46. The number of allylic oxidation sites excluding steroid dienone is 2. The fourth-order valence-electron chi connectivity index (χ4n) is 1.98. The lowest BCUT2D eigenvalue weighted by Crippen LogP contribution is -2.53. The Kier molecular flexibility index (Phi) is 5.43. The van der Waals surface area contributed by atoms with E-state index in [0.717, 1.165) is 11.3 Å². The average Bonchev–Trinajstić information content (AvgIpc) is 2.55. The molecule has 0 spiro atoms. The van der Waals surface area contributed by atoms with E-state index in [0.29, 0.717) is 0 Å². The molecule has 0 aromatic heterocycles. The van der Waals surface area contributed by atoms with Gasteiger partial charge >= 0.3 is 0 Å². The van der Waals surface area contributed by atoms with Crippen molar-refractivity contribution >= 4 is 35.2 Å². The molecule has 23 heavy (non-hydrogen) atoms. The lowest BCUT2D eigenvalue weighted by atomic mass is 10.1. The van der Waals surface area contributed by atoms with Gasteiger partial charge in [-0.05, 0) is 36.0 Å². The molecule has 1 N–H and O–H groups in total. The van der Waals surface area contributed by atoms with Crippen LogP contribution >= 0.6 is 12.2 Å². The van der Waals surface area contributed by atoms with Gasteiger partial charge in [-0.25, -0.2) is 0 Å². The molecule has 0 radical (unpaired) electrons. The monoisotopic (exact) mass is 328 g/mol. The smallest absolute Gasteiger partial charge is 0.265 e. The van der Waals surface area contributed by atoms with Crippen molar-refractivity contribution in [3.63, 3.8) is 0 Å². The molecule has 1 heterocycles. The second-order valence-electron chi connectivity index (χ2n) is 4.68. The Morgan fingerprint density at radius 2 is 2.00 bits per heavy atom. The molecule has 1 aromatic carbocycles. The van der Waals surface area contributed by atoms with Crippen LogP contribution in [0.3, 0.4) is 0 Å². The minimum Gasteiger partial charge on any atom is -0.497 e. The van der Waals surface area contributed by atoms with Crippen molar-refractivity contribution in [3.8, 4) is 5.75 Å². The van der Waals surface area contributed by atoms with Gasteiger partial charge in [-0.1, -0.05) is 30.4 Å². The molecule has 1 aliphatic heterocycles.